The predicted molar refractivity (Wildman–Crippen MR) is 82.9 cm³/mol. The molecule has 0 bridgehead atoms. The van der Waals surface area contributed by atoms with E-state index in [1.54, 1.807) is 12.3 Å². The minimum absolute atomic E-state index is 0.164. The van der Waals surface area contributed by atoms with Crippen molar-refractivity contribution < 1.29 is 4.39 Å². The molecule has 21 heavy (non-hydrogen) atoms. The molecule has 1 saturated heterocycles. The van der Waals surface area contributed by atoms with E-state index < -0.39 is 0 Å². The Morgan fingerprint density at radius 2 is 1.71 bits per heavy atom. The molecule has 0 unspecified atom stereocenters. The quantitative estimate of drug-likeness (QED) is 0.666. The van der Waals surface area contributed by atoms with Crippen molar-refractivity contribution in [2.24, 2.45) is 5.84 Å². The van der Waals surface area contributed by atoms with Crippen molar-refractivity contribution in [1.29, 1.82) is 0 Å². The molecule has 110 valence electrons. The average molecular weight is 287 g/mol. The number of nitrogen functional groups attached to an aromatic ring is 1. The van der Waals surface area contributed by atoms with Crippen LogP contribution in [0.3, 0.4) is 0 Å². The molecule has 0 radical (unpaired) electrons. The number of aromatic nitrogens is 1. The molecular weight excluding hydrogens is 269 g/mol. The summed E-state index contributed by atoms with van der Waals surface area (Å²) in [5, 5.41) is 0. The molecule has 0 atom stereocenters. The predicted octanol–water partition coefficient (Wildman–Crippen LogP) is 1.83. The Bertz CT molecular complexity index is 593. The van der Waals surface area contributed by atoms with E-state index in [0.717, 1.165) is 37.7 Å². The van der Waals surface area contributed by atoms with Crippen molar-refractivity contribution in [3.8, 4) is 0 Å². The zero-order chi connectivity index (χ0) is 14.7. The minimum atomic E-state index is -0.164. The summed E-state index contributed by atoms with van der Waals surface area (Å²) < 4.78 is 13.8. The molecule has 1 aliphatic rings. The first kappa shape index (κ1) is 13.6. The molecule has 0 aliphatic carbocycles. The van der Waals surface area contributed by atoms with Gasteiger partial charge in [0, 0.05) is 26.2 Å². The Morgan fingerprint density at radius 1 is 1.00 bits per heavy atom. The molecule has 5 nitrogen and oxygen atoms in total. The van der Waals surface area contributed by atoms with Gasteiger partial charge in [-0.1, -0.05) is 12.1 Å². The average Bonchev–Trinajstić information content (AvgIpc) is 2.56. The van der Waals surface area contributed by atoms with Gasteiger partial charge in [-0.3, -0.25) is 5.84 Å². The molecule has 0 saturated carbocycles. The smallest absolute Gasteiger partial charge is 0.146 e. The summed E-state index contributed by atoms with van der Waals surface area (Å²) in [7, 11) is 0. The minimum Gasteiger partial charge on any atom is -0.366 e. The fourth-order valence-electron chi connectivity index (χ4n) is 2.54. The summed E-state index contributed by atoms with van der Waals surface area (Å²) in [6.07, 6.45) is 1.71. The van der Waals surface area contributed by atoms with Crippen molar-refractivity contribution >= 4 is 17.2 Å². The van der Waals surface area contributed by atoms with Crippen LogP contribution in [0, 0.1) is 5.82 Å². The highest BCUT2D eigenvalue weighted by Crippen LogP contribution is 2.22. The van der Waals surface area contributed by atoms with Gasteiger partial charge in [-0.05, 0) is 24.3 Å². The zero-order valence-electron chi connectivity index (χ0n) is 11.7. The van der Waals surface area contributed by atoms with E-state index in [4.69, 9.17) is 5.84 Å². The van der Waals surface area contributed by atoms with Crippen LogP contribution in [0.1, 0.15) is 0 Å². The third-order valence-corrected chi connectivity index (χ3v) is 3.71. The van der Waals surface area contributed by atoms with E-state index in [1.165, 1.54) is 6.07 Å². The second-order valence-electron chi connectivity index (χ2n) is 4.97. The van der Waals surface area contributed by atoms with Crippen LogP contribution < -0.4 is 21.1 Å². The van der Waals surface area contributed by atoms with Gasteiger partial charge in [-0.25, -0.2) is 9.37 Å². The molecule has 0 spiro atoms. The number of nitrogens with one attached hydrogen (secondary N) is 1. The Kier molecular flexibility index (Phi) is 3.87. The highest BCUT2D eigenvalue weighted by Gasteiger charge is 2.19. The summed E-state index contributed by atoms with van der Waals surface area (Å²) in [6, 6.07) is 10.7. The maximum atomic E-state index is 13.8. The largest absolute Gasteiger partial charge is 0.366 e. The second-order valence-corrected chi connectivity index (χ2v) is 4.97. The number of halogens is 1. The molecule has 0 amide bonds. The van der Waals surface area contributed by atoms with Crippen LogP contribution in [0.25, 0.3) is 0 Å². The van der Waals surface area contributed by atoms with Crippen LogP contribution in [0.4, 0.5) is 21.6 Å². The van der Waals surface area contributed by atoms with Gasteiger partial charge in [0.15, 0.2) is 0 Å². The van der Waals surface area contributed by atoms with Crippen molar-refractivity contribution in [1.82, 2.24) is 4.98 Å². The maximum absolute atomic E-state index is 13.8. The summed E-state index contributed by atoms with van der Waals surface area (Å²) in [4.78, 5) is 8.64. The van der Waals surface area contributed by atoms with Crippen LogP contribution in [0.5, 0.6) is 0 Å². The maximum Gasteiger partial charge on any atom is 0.146 e. The lowest BCUT2D eigenvalue weighted by molar-refractivity contribution is 0.596. The number of nitrogens with two attached hydrogens (primary N) is 1. The first-order valence-corrected chi connectivity index (χ1v) is 6.95. The summed E-state index contributed by atoms with van der Waals surface area (Å²) in [5.74, 6) is 6.08. The van der Waals surface area contributed by atoms with E-state index in [1.807, 2.05) is 24.3 Å². The Balaban J connectivity index is 1.66. The number of hydrogen-bond donors (Lipinski definition) is 2. The van der Waals surface area contributed by atoms with Gasteiger partial charge in [0.1, 0.15) is 11.6 Å². The normalized spacial score (nSPS) is 15.1. The molecule has 3 rings (SSSR count). The number of nitrogens with zero attached hydrogens (tertiary/aromatic N) is 3. The number of anilines is 3. The highest BCUT2D eigenvalue weighted by molar-refractivity contribution is 5.52. The van der Waals surface area contributed by atoms with Gasteiger partial charge in [-0.15, -0.1) is 0 Å². The number of para-hydroxylation sites is 1. The molecule has 2 aromatic rings. The van der Waals surface area contributed by atoms with E-state index in [9.17, 15) is 4.39 Å². The fourth-order valence-corrected chi connectivity index (χ4v) is 2.54. The van der Waals surface area contributed by atoms with E-state index >= 15 is 0 Å². The zero-order valence-corrected chi connectivity index (χ0v) is 11.7. The van der Waals surface area contributed by atoms with E-state index in [2.05, 4.69) is 20.2 Å². The molecule has 1 aliphatic heterocycles. The van der Waals surface area contributed by atoms with Gasteiger partial charge >= 0.3 is 0 Å². The summed E-state index contributed by atoms with van der Waals surface area (Å²) in [6.45, 7) is 3.19. The van der Waals surface area contributed by atoms with Crippen molar-refractivity contribution in [2.45, 2.75) is 0 Å². The van der Waals surface area contributed by atoms with Crippen molar-refractivity contribution in [3.63, 3.8) is 0 Å². The van der Waals surface area contributed by atoms with Crippen LogP contribution >= 0.6 is 0 Å². The van der Waals surface area contributed by atoms with Gasteiger partial charge in [-0.2, -0.15) is 0 Å². The fraction of sp³-hybridized carbons (Fsp3) is 0.267. The van der Waals surface area contributed by atoms with E-state index in [0.29, 0.717) is 5.69 Å². The third kappa shape index (κ3) is 2.90. The SMILES string of the molecule is NNc1ccc(N2CCN(c3ccccc3F)CC2)nc1. The Morgan fingerprint density at radius 3 is 2.33 bits per heavy atom. The molecule has 1 fully saturated rings. The molecule has 1 aromatic carbocycles. The third-order valence-electron chi connectivity index (χ3n) is 3.71. The number of hydrogen-bond acceptors (Lipinski definition) is 5. The second kappa shape index (κ2) is 5.97. The number of hydrazine groups is 1. The van der Waals surface area contributed by atoms with Crippen molar-refractivity contribution in [2.75, 3.05) is 41.4 Å². The Labute approximate surface area is 123 Å². The molecule has 3 N–H and O–H groups in total. The number of piperazine rings is 1. The Hall–Kier alpha value is -2.34. The van der Waals surface area contributed by atoms with Gasteiger partial charge in [0.05, 0.1) is 17.6 Å². The number of benzene rings is 1. The molecule has 6 heteroatoms. The van der Waals surface area contributed by atoms with Crippen LogP contribution in [0.2, 0.25) is 0 Å². The standard InChI is InChI=1S/C15H18FN5/c16-13-3-1-2-4-14(13)20-7-9-21(10-8-20)15-6-5-12(19-17)11-18-15/h1-6,11,19H,7-10,17H2. The number of rotatable bonds is 3. The van der Waals surface area contributed by atoms with Crippen LogP contribution in [-0.2, 0) is 0 Å². The number of pyridine rings is 1. The molecule has 2 heterocycles. The first-order valence-electron chi connectivity index (χ1n) is 6.95. The van der Waals surface area contributed by atoms with Crippen molar-refractivity contribution in [3.05, 3.63) is 48.4 Å². The summed E-state index contributed by atoms with van der Waals surface area (Å²) >= 11 is 0. The van der Waals surface area contributed by atoms with Gasteiger partial charge in [0.2, 0.25) is 0 Å². The van der Waals surface area contributed by atoms with Gasteiger partial charge < -0.3 is 15.2 Å². The molecule has 1 aromatic heterocycles. The first-order chi connectivity index (χ1) is 10.3. The lowest BCUT2D eigenvalue weighted by Crippen LogP contribution is -2.47. The van der Waals surface area contributed by atoms with Gasteiger partial charge in [0.25, 0.3) is 0 Å². The van der Waals surface area contributed by atoms with E-state index in [-0.39, 0.29) is 5.82 Å². The molecular formula is C15H18FN5. The summed E-state index contributed by atoms with van der Waals surface area (Å²) in [5.41, 5.74) is 4.02. The highest BCUT2D eigenvalue weighted by atomic mass is 19.1. The van der Waals surface area contributed by atoms with Crippen LogP contribution in [0.15, 0.2) is 42.6 Å². The monoisotopic (exact) mass is 287 g/mol. The lowest BCUT2D eigenvalue weighted by atomic mass is 10.2. The topological polar surface area (TPSA) is 57.4 Å². The lowest BCUT2D eigenvalue weighted by Gasteiger charge is -2.36. The van der Waals surface area contributed by atoms with Crippen LogP contribution in [-0.4, -0.2) is 31.2 Å².